The van der Waals surface area contributed by atoms with Gasteiger partial charge in [0.1, 0.15) is 11.5 Å². The maximum absolute atomic E-state index is 12.1. The lowest BCUT2D eigenvalue weighted by atomic mass is 10.2. The van der Waals surface area contributed by atoms with E-state index in [0.29, 0.717) is 28.7 Å². The van der Waals surface area contributed by atoms with Crippen LogP contribution in [-0.2, 0) is 4.79 Å². The van der Waals surface area contributed by atoms with Crippen LogP contribution in [0.1, 0.15) is 30.6 Å². The van der Waals surface area contributed by atoms with Crippen molar-refractivity contribution in [2.45, 2.75) is 26.4 Å². The summed E-state index contributed by atoms with van der Waals surface area (Å²) < 4.78 is 10.9. The first-order valence-electron chi connectivity index (χ1n) is 8.35. The van der Waals surface area contributed by atoms with Crippen molar-refractivity contribution in [1.82, 2.24) is 10.9 Å². The number of hydrazine groups is 1. The molecule has 0 heterocycles. The molecule has 2 aromatic carbocycles. The minimum atomic E-state index is -0.881. The second-order valence-electron chi connectivity index (χ2n) is 5.65. The highest BCUT2D eigenvalue weighted by Gasteiger charge is 2.17. The molecule has 1 unspecified atom stereocenters. The lowest BCUT2D eigenvalue weighted by Gasteiger charge is -2.16. The normalized spacial score (nSPS) is 11.4. The van der Waals surface area contributed by atoms with Gasteiger partial charge in [-0.15, -0.1) is 0 Å². The Morgan fingerprint density at radius 1 is 1.07 bits per heavy atom. The van der Waals surface area contributed by atoms with Crippen LogP contribution in [0.2, 0.25) is 10.0 Å². The van der Waals surface area contributed by atoms with Crippen molar-refractivity contribution in [2.24, 2.45) is 0 Å². The minimum absolute atomic E-state index is 0.288. The summed E-state index contributed by atoms with van der Waals surface area (Å²) in [6, 6.07) is 11.3. The van der Waals surface area contributed by atoms with E-state index in [4.69, 9.17) is 32.7 Å². The average Bonchev–Trinajstić information content (AvgIpc) is 2.66. The van der Waals surface area contributed by atoms with E-state index >= 15 is 0 Å². The third-order valence-electron chi connectivity index (χ3n) is 3.46. The Balaban J connectivity index is 1.85. The smallest absolute Gasteiger partial charge is 0.279 e. The van der Waals surface area contributed by atoms with E-state index in [0.717, 1.165) is 6.42 Å². The Labute approximate surface area is 167 Å². The molecule has 144 valence electrons. The van der Waals surface area contributed by atoms with Gasteiger partial charge in [-0.1, -0.05) is 30.1 Å². The van der Waals surface area contributed by atoms with Crippen LogP contribution in [0, 0.1) is 0 Å². The van der Waals surface area contributed by atoms with Gasteiger partial charge in [0.15, 0.2) is 6.10 Å². The fourth-order valence-electron chi connectivity index (χ4n) is 2.03. The van der Waals surface area contributed by atoms with Gasteiger partial charge < -0.3 is 9.47 Å². The topological polar surface area (TPSA) is 76.7 Å². The maximum atomic E-state index is 12.1. The molecule has 0 aliphatic heterocycles. The summed E-state index contributed by atoms with van der Waals surface area (Å²) in [7, 11) is 0. The molecule has 0 aliphatic carbocycles. The van der Waals surface area contributed by atoms with Gasteiger partial charge in [0.05, 0.1) is 11.6 Å². The molecule has 0 saturated carbocycles. The van der Waals surface area contributed by atoms with E-state index in [1.165, 1.54) is 13.0 Å². The molecule has 0 saturated heterocycles. The number of carbonyl (C=O) groups is 2. The highest BCUT2D eigenvalue weighted by molar-refractivity contribution is 6.35. The van der Waals surface area contributed by atoms with Crippen molar-refractivity contribution in [3.05, 3.63) is 58.1 Å². The molecule has 0 radical (unpaired) electrons. The summed E-state index contributed by atoms with van der Waals surface area (Å²) in [5.74, 6) is 0.0106. The zero-order chi connectivity index (χ0) is 19.8. The molecule has 0 fully saturated rings. The van der Waals surface area contributed by atoms with Crippen LogP contribution in [0.25, 0.3) is 0 Å². The summed E-state index contributed by atoms with van der Waals surface area (Å²) >= 11 is 11.8. The molecular weight excluding hydrogens is 391 g/mol. The Morgan fingerprint density at radius 3 is 2.41 bits per heavy atom. The molecule has 2 amide bonds. The summed E-state index contributed by atoms with van der Waals surface area (Å²) in [4.78, 5) is 24.2. The first-order valence-corrected chi connectivity index (χ1v) is 9.11. The fraction of sp³-hybridized carbons (Fsp3) is 0.263. The predicted molar refractivity (Wildman–Crippen MR) is 104 cm³/mol. The van der Waals surface area contributed by atoms with Crippen LogP contribution in [0.5, 0.6) is 11.5 Å². The summed E-state index contributed by atoms with van der Waals surface area (Å²) in [6.45, 7) is 4.15. The Kier molecular flexibility index (Phi) is 7.76. The molecule has 2 rings (SSSR count). The molecule has 27 heavy (non-hydrogen) atoms. The number of halogens is 2. The number of hydrogen-bond donors (Lipinski definition) is 2. The standard InChI is InChI=1S/C19H20Cl2N2O4/c1-3-10-26-15-7-4-13(5-8-15)19(25)23-22-18(24)12(2)27-17-9-6-14(20)11-16(17)21/h4-9,11-12H,3,10H2,1-2H3,(H,22,24)(H,23,25). The van der Waals surface area contributed by atoms with Crippen molar-refractivity contribution >= 4 is 35.0 Å². The fourth-order valence-corrected chi connectivity index (χ4v) is 2.48. The van der Waals surface area contributed by atoms with Crippen LogP contribution >= 0.6 is 23.2 Å². The highest BCUT2D eigenvalue weighted by atomic mass is 35.5. The van der Waals surface area contributed by atoms with Crippen LogP contribution < -0.4 is 20.3 Å². The number of carbonyl (C=O) groups excluding carboxylic acids is 2. The number of benzene rings is 2. The number of amides is 2. The monoisotopic (exact) mass is 410 g/mol. The summed E-state index contributed by atoms with van der Waals surface area (Å²) in [5, 5.41) is 0.749. The van der Waals surface area contributed by atoms with E-state index in [1.54, 1.807) is 36.4 Å². The Hall–Kier alpha value is -2.44. The lowest BCUT2D eigenvalue weighted by molar-refractivity contribution is -0.128. The first kappa shape index (κ1) is 20.9. The highest BCUT2D eigenvalue weighted by Crippen LogP contribution is 2.28. The second kappa shape index (κ2) is 10.0. The Bertz CT molecular complexity index is 797. The number of ether oxygens (including phenoxy) is 2. The molecule has 2 aromatic rings. The van der Waals surface area contributed by atoms with Crippen molar-refractivity contribution < 1.29 is 19.1 Å². The molecular formula is C19H20Cl2N2O4. The van der Waals surface area contributed by atoms with Gasteiger partial charge in [-0.25, -0.2) is 0 Å². The van der Waals surface area contributed by atoms with Gasteiger partial charge in [-0.3, -0.25) is 20.4 Å². The van der Waals surface area contributed by atoms with Gasteiger partial charge in [0.2, 0.25) is 0 Å². The van der Waals surface area contributed by atoms with Gasteiger partial charge in [0, 0.05) is 10.6 Å². The van der Waals surface area contributed by atoms with Crippen molar-refractivity contribution in [3.8, 4) is 11.5 Å². The molecule has 0 bridgehead atoms. The van der Waals surface area contributed by atoms with Crippen molar-refractivity contribution in [3.63, 3.8) is 0 Å². The summed E-state index contributed by atoms with van der Waals surface area (Å²) in [5.41, 5.74) is 5.04. The average molecular weight is 411 g/mol. The molecule has 0 aromatic heterocycles. The van der Waals surface area contributed by atoms with Gasteiger partial charge in [0.25, 0.3) is 11.8 Å². The maximum Gasteiger partial charge on any atom is 0.279 e. The van der Waals surface area contributed by atoms with Crippen LogP contribution in [0.15, 0.2) is 42.5 Å². The third-order valence-corrected chi connectivity index (χ3v) is 3.99. The van der Waals surface area contributed by atoms with Crippen LogP contribution in [-0.4, -0.2) is 24.5 Å². The molecule has 0 aliphatic rings. The molecule has 6 nitrogen and oxygen atoms in total. The van der Waals surface area contributed by atoms with Gasteiger partial charge in [-0.05, 0) is 55.8 Å². The number of nitrogens with one attached hydrogen (secondary N) is 2. The largest absolute Gasteiger partial charge is 0.494 e. The van der Waals surface area contributed by atoms with E-state index < -0.39 is 17.9 Å². The van der Waals surface area contributed by atoms with Gasteiger partial charge in [-0.2, -0.15) is 0 Å². The molecule has 2 N–H and O–H groups in total. The molecule has 8 heteroatoms. The van der Waals surface area contributed by atoms with Gasteiger partial charge >= 0.3 is 0 Å². The molecule has 0 spiro atoms. The van der Waals surface area contributed by atoms with Crippen molar-refractivity contribution in [2.75, 3.05) is 6.61 Å². The van der Waals surface area contributed by atoms with Crippen LogP contribution in [0.4, 0.5) is 0 Å². The lowest BCUT2D eigenvalue weighted by Crippen LogP contribution is -2.47. The first-order chi connectivity index (χ1) is 12.9. The SMILES string of the molecule is CCCOc1ccc(C(=O)NNC(=O)C(C)Oc2ccc(Cl)cc2Cl)cc1. The van der Waals surface area contributed by atoms with E-state index in [-0.39, 0.29) is 5.02 Å². The Morgan fingerprint density at radius 2 is 1.78 bits per heavy atom. The molecule has 1 atom stereocenters. The second-order valence-corrected chi connectivity index (χ2v) is 6.49. The van der Waals surface area contributed by atoms with Crippen molar-refractivity contribution in [1.29, 1.82) is 0 Å². The number of rotatable bonds is 7. The van der Waals surface area contributed by atoms with E-state index in [2.05, 4.69) is 10.9 Å². The van der Waals surface area contributed by atoms with E-state index in [9.17, 15) is 9.59 Å². The predicted octanol–water partition coefficient (Wildman–Crippen LogP) is 4.01. The zero-order valence-electron chi connectivity index (χ0n) is 14.9. The quantitative estimate of drug-likeness (QED) is 0.675. The zero-order valence-corrected chi connectivity index (χ0v) is 16.4. The minimum Gasteiger partial charge on any atom is -0.494 e. The van der Waals surface area contributed by atoms with Crippen LogP contribution in [0.3, 0.4) is 0 Å². The number of hydrogen-bond acceptors (Lipinski definition) is 4. The third kappa shape index (κ3) is 6.34. The summed E-state index contributed by atoms with van der Waals surface area (Å²) in [6.07, 6.45) is 0.0178. The van der Waals surface area contributed by atoms with E-state index in [1.807, 2.05) is 6.92 Å².